The van der Waals surface area contributed by atoms with Crippen LogP contribution >= 0.6 is 0 Å². The number of amides is 2. The Morgan fingerprint density at radius 3 is 2.43 bits per heavy atom. The molecule has 4 nitrogen and oxygen atoms in total. The summed E-state index contributed by atoms with van der Waals surface area (Å²) >= 11 is 0. The number of urea groups is 1. The Hall–Kier alpha value is -2.40. The molecule has 2 bridgehead atoms. The zero-order chi connectivity index (χ0) is 19.5. The van der Waals surface area contributed by atoms with Gasteiger partial charge in [-0.05, 0) is 38.3 Å². The molecule has 148 valence electrons. The lowest BCUT2D eigenvalue weighted by Crippen LogP contribution is -3.20. The van der Waals surface area contributed by atoms with Crippen LogP contribution < -0.4 is 15.5 Å². The maximum atomic E-state index is 13.8. The van der Waals surface area contributed by atoms with Gasteiger partial charge in [0.25, 0.3) is 0 Å². The summed E-state index contributed by atoms with van der Waals surface area (Å²) in [5.74, 6) is -0.410. The lowest BCUT2D eigenvalue weighted by atomic mass is 9.81. The van der Waals surface area contributed by atoms with Gasteiger partial charge in [-0.1, -0.05) is 42.0 Å². The summed E-state index contributed by atoms with van der Waals surface area (Å²) in [5.41, 5.74) is 2.91. The van der Waals surface area contributed by atoms with E-state index >= 15 is 0 Å². The molecule has 0 saturated carbocycles. The molecule has 2 fully saturated rings. The molecule has 5 heteroatoms. The summed E-state index contributed by atoms with van der Waals surface area (Å²) in [7, 11) is 0. The Bertz CT molecular complexity index is 809. The van der Waals surface area contributed by atoms with Gasteiger partial charge < -0.3 is 15.5 Å². The average molecular weight is 383 g/mol. The van der Waals surface area contributed by atoms with Gasteiger partial charge in [0.15, 0.2) is 0 Å². The minimum absolute atomic E-state index is 0.156. The van der Waals surface area contributed by atoms with Crippen molar-refractivity contribution in [2.24, 2.45) is 0 Å². The topological polar surface area (TPSA) is 45.6 Å². The Balaban J connectivity index is 1.37. The highest BCUT2D eigenvalue weighted by Gasteiger charge is 2.42. The average Bonchev–Trinajstić information content (AvgIpc) is 2.66. The van der Waals surface area contributed by atoms with E-state index in [0.29, 0.717) is 12.1 Å². The highest BCUT2D eigenvalue weighted by atomic mass is 19.1. The molecule has 2 unspecified atom stereocenters. The van der Waals surface area contributed by atoms with Crippen molar-refractivity contribution in [3.05, 3.63) is 65.5 Å². The molecule has 2 amide bonds. The standard InChI is InChI=1S/C23H28FN3O/c1-16-9-11-17(12-10-16)15-27-19-5-4-6-20(27)14-18(13-19)25-23(28)26-22-8-3-2-7-21(22)24/h2-3,7-12,18-20H,4-6,13-15H2,1H3,(H2,25,26,28)/p+1/t18?,19-,20+. The van der Waals surface area contributed by atoms with E-state index in [1.54, 1.807) is 23.1 Å². The quantitative estimate of drug-likeness (QED) is 0.745. The number of piperidine rings is 2. The van der Waals surface area contributed by atoms with E-state index in [1.807, 2.05) is 0 Å². The number of quaternary nitrogens is 1. The maximum Gasteiger partial charge on any atom is 0.319 e. The van der Waals surface area contributed by atoms with Gasteiger partial charge in [-0.15, -0.1) is 0 Å². The van der Waals surface area contributed by atoms with Crippen molar-refractivity contribution in [1.82, 2.24) is 5.32 Å². The summed E-state index contributed by atoms with van der Waals surface area (Å²) < 4.78 is 13.8. The SMILES string of the molecule is Cc1ccc(C[NH+]2[C@@H]3CCC[C@H]2CC(NC(=O)Nc2ccccc2F)C3)cc1. The molecule has 2 aliphatic heterocycles. The molecular weight excluding hydrogens is 353 g/mol. The lowest BCUT2D eigenvalue weighted by molar-refractivity contribution is -0.973. The number of hydrogen-bond donors (Lipinski definition) is 3. The first-order valence-electron chi connectivity index (χ1n) is 10.3. The number of anilines is 1. The largest absolute Gasteiger partial charge is 0.335 e. The molecule has 2 heterocycles. The molecule has 0 aliphatic carbocycles. The molecule has 2 aliphatic rings. The van der Waals surface area contributed by atoms with E-state index in [2.05, 4.69) is 41.8 Å². The number of fused-ring (bicyclic) bond motifs is 2. The van der Waals surface area contributed by atoms with Crippen molar-refractivity contribution >= 4 is 11.7 Å². The van der Waals surface area contributed by atoms with Crippen molar-refractivity contribution in [3.63, 3.8) is 0 Å². The number of aryl methyl sites for hydroxylation is 1. The van der Waals surface area contributed by atoms with Gasteiger partial charge in [0.05, 0.1) is 17.8 Å². The zero-order valence-electron chi connectivity index (χ0n) is 16.4. The second kappa shape index (κ2) is 8.31. The third-order valence-corrected chi connectivity index (χ3v) is 6.28. The number of hydrogen-bond acceptors (Lipinski definition) is 1. The Kier molecular flexibility index (Phi) is 5.62. The number of benzene rings is 2. The minimum atomic E-state index is -0.410. The smallest absolute Gasteiger partial charge is 0.319 e. The van der Waals surface area contributed by atoms with Gasteiger partial charge in [0.1, 0.15) is 12.4 Å². The van der Waals surface area contributed by atoms with Gasteiger partial charge in [-0.3, -0.25) is 0 Å². The maximum absolute atomic E-state index is 13.8. The van der Waals surface area contributed by atoms with Crippen LogP contribution in [0.4, 0.5) is 14.9 Å². The molecule has 4 atom stereocenters. The van der Waals surface area contributed by atoms with Crippen molar-refractivity contribution in [2.45, 2.75) is 63.7 Å². The number of rotatable bonds is 4. The third kappa shape index (κ3) is 4.36. The summed E-state index contributed by atoms with van der Waals surface area (Å²) in [6.07, 6.45) is 5.68. The summed E-state index contributed by atoms with van der Waals surface area (Å²) in [4.78, 5) is 14.0. The molecule has 4 rings (SSSR count). The fourth-order valence-corrected chi connectivity index (χ4v) is 4.89. The molecular formula is C23H29FN3O+. The fourth-order valence-electron chi connectivity index (χ4n) is 4.89. The molecule has 2 saturated heterocycles. The number of carbonyl (C=O) groups excluding carboxylic acids is 1. The summed E-state index contributed by atoms with van der Waals surface area (Å²) in [6.45, 7) is 3.18. The van der Waals surface area contributed by atoms with Crippen LogP contribution in [0.1, 0.15) is 43.2 Å². The van der Waals surface area contributed by atoms with E-state index in [4.69, 9.17) is 0 Å². The molecule has 28 heavy (non-hydrogen) atoms. The Labute approximate surface area is 166 Å². The summed E-state index contributed by atoms with van der Waals surface area (Å²) in [5, 5.41) is 5.73. The minimum Gasteiger partial charge on any atom is -0.335 e. The first kappa shape index (κ1) is 18.9. The van der Waals surface area contributed by atoms with E-state index in [1.165, 1.54) is 36.5 Å². The van der Waals surface area contributed by atoms with Crippen LogP contribution in [0.25, 0.3) is 0 Å². The molecule has 2 aromatic rings. The Morgan fingerprint density at radius 1 is 1.07 bits per heavy atom. The van der Waals surface area contributed by atoms with Gasteiger partial charge in [0.2, 0.25) is 0 Å². The van der Waals surface area contributed by atoms with Gasteiger partial charge in [0, 0.05) is 24.4 Å². The first-order chi connectivity index (χ1) is 13.6. The molecule has 3 N–H and O–H groups in total. The van der Waals surface area contributed by atoms with Crippen LogP contribution in [-0.2, 0) is 6.54 Å². The van der Waals surface area contributed by atoms with Crippen molar-refractivity contribution in [3.8, 4) is 0 Å². The van der Waals surface area contributed by atoms with E-state index in [9.17, 15) is 9.18 Å². The van der Waals surface area contributed by atoms with Gasteiger partial charge >= 0.3 is 6.03 Å². The highest BCUT2D eigenvalue weighted by Crippen LogP contribution is 2.23. The van der Waals surface area contributed by atoms with Crippen LogP contribution in [0.2, 0.25) is 0 Å². The molecule has 2 aromatic carbocycles. The first-order valence-corrected chi connectivity index (χ1v) is 10.3. The van der Waals surface area contributed by atoms with E-state index in [0.717, 1.165) is 19.4 Å². The predicted octanol–water partition coefficient (Wildman–Crippen LogP) is 3.42. The second-order valence-electron chi connectivity index (χ2n) is 8.31. The van der Waals surface area contributed by atoms with Crippen LogP contribution in [-0.4, -0.2) is 24.2 Å². The van der Waals surface area contributed by atoms with E-state index < -0.39 is 5.82 Å². The number of carbonyl (C=O) groups is 1. The van der Waals surface area contributed by atoms with Gasteiger partial charge in [-0.25, -0.2) is 9.18 Å². The number of nitrogens with one attached hydrogen (secondary N) is 3. The lowest BCUT2D eigenvalue weighted by Gasteiger charge is -2.46. The van der Waals surface area contributed by atoms with Crippen molar-refractivity contribution in [1.29, 1.82) is 0 Å². The van der Waals surface area contributed by atoms with Crippen molar-refractivity contribution in [2.75, 3.05) is 5.32 Å². The molecule has 0 radical (unpaired) electrons. The zero-order valence-corrected chi connectivity index (χ0v) is 16.4. The van der Waals surface area contributed by atoms with Crippen LogP contribution in [0, 0.1) is 12.7 Å². The van der Waals surface area contributed by atoms with Gasteiger partial charge in [-0.2, -0.15) is 0 Å². The van der Waals surface area contributed by atoms with Crippen LogP contribution in [0.3, 0.4) is 0 Å². The Morgan fingerprint density at radius 2 is 1.75 bits per heavy atom. The number of halogens is 1. The summed E-state index contributed by atoms with van der Waals surface area (Å²) in [6, 6.07) is 16.1. The van der Waals surface area contributed by atoms with Crippen molar-refractivity contribution < 1.29 is 14.1 Å². The molecule has 0 aromatic heterocycles. The number of para-hydroxylation sites is 1. The fraction of sp³-hybridized carbons (Fsp3) is 0.435. The third-order valence-electron chi connectivity index (χ3n) is 6.28. The normalized spacial score (nSPS) is 26.5. The second-order valence-corrected chi connectivity index (χ2v) is 8.31. The monoisotopic (exact) mass is 382 g/mol. The van der Waals surface area contributed by atoms with E-state index in [-0.39, 0.29) is 17.8 Å². The van der Waals surface area contributed by atoms with Crippen LogP contribution in [0.15, 0.2) is 48.5 Å². The van der Waals surface area contributed by atoms with Crippen LogP contribution in [0.5, 0.6) is 0 Å². The predicted molar refractivity (Wildman–Crippen MR) is 109 cm³/mol. The molecule has 0 spiro atoms. The highest BCUT2D eigenvalue weighted by molar-refractivity contribution is 5.89.